The van der Waals surface area contributed by atoms with Gasteiger partial charge in [0.25, 0.3) is 0 Å². The number of carbonyl (C=O) groups is 1. The molecule has 0 aromatic heterocycles. The third kappa shape index (κ3) is 5.06. The summed E-state index contributed by atoms with van der Waals surface area (Å²) in [4.78, 5) is 13.7. The molecule has 2 rings (SSSR count). The quantitative estimate of drug-likeness (QED) is 0.752. The van der Waals surface area contributed by atoms with Crippen molar-refractivity contribution in [2.75, 3.05) is 19.6 Å². The second-order valence-corrected chi connectivity index (χ2v) is 6.90. The summed E-state index contributed by atoms with van der Waals surface area (Å²) in [6.45, 7) is 7.83. The zero-order chi connectivity index (χ0) is 14.5. The number of likely N-dealkylation sites (tertiary alicyclic amines) is 1. The van der Waals surface area contributed by atoms with Gasteiger partial charge in [0.1, 0.15) is 6.04 Å². The van der Waals surface area contributed by atoms with Crippen LogP contribution in [0.3, 0.4) is 0 Å². The van der Waals surface area contributed by atoms with E-state index in [1.165, 1.54) is 19.3 Å². The molecule has 2 fully saturated rings. The summed E-state index contributed by atoms with van der Waals surface area (Å²) < 4.78 is 0. The highest BCUT2D eigenvalue weighted by molar-refractivity contribution is 5.73. The lowest BCUT2D eigenvalue weighted by atomic mass is 9.89. The Balaban J connectivity index is 1.73. The number of nitrogens with one attached hydrogen (secondary N) is 1. The summed E-state index contributed by atoms with van der Waals surface area (Å²) in [5.41, 5.74) is 0. The summed E-state index contributed by atoms with van der Waals surface area (Å²) in [6.07, 6.45) is 6.88. The third-order valence-corrected chi connectivity index (χ3v) is 4.85. The molecule has 4 heteroatoms. The molecule has 1 saturated heterocycles. The molecular weight excluding hydrogens is 252 g/mol. The van der Waals surface area contributed by atoms with Crippen molar-refractivity contribution in [3.8, 4) is 0 Å². The molecule has 0 amide bonds. The summed E-state index contributed by atoms with van der Waals surface area (Å²) in [7, 11) is 0. The van der Waals surface area contributed by atoms with Crippen LogP contribution in [-0.4, -0.2) is 47.7 Å². The molecule has 0 radical (unpaired) electrons. The van der Waals surface area contributed by atoms with Gasteiger partial charge in [0.15, 0.2) is 0 Å². The lowest BCUT2D eigenvalue weighted by Gasteiger charge is -2.23. The van der Waals surface area contributed by atoms with Gasteiger partial charge in [-0.05, 0) is 63.5 Å². The van der Waals surface area contributed by atoms with Crippen LogP contribution in [0.15, 0.2) is 0 Å². The number of aliphatic carboxylic acids is 1. The second kappa shape index (κ2) is 7.41. The van der Waals surface area contributed by atoms with Gasteiger partial charge < -0.3 is 15.3 Å². The molecule has 1 saturated carbocycles. The first-order valence-corrected chi connectivity index (χ1v) is 8.27. The van der Waals surface area contributed by atoms with Gasteiger partial charge >= 0.3 is 5.97 Å². The Morgan fingerprint density at radius 2 is 2.00 bits per heavy atom. The first kappa shape index (κ1) is 15.8. The number of hydrogen-bond donors (Lipinski definition) is 2. The fourth-order valence-electron chi connectivity index (χ4n) is 3.20. The zero-order valence-electron chi connectivity index (χ0n) is 13.0. The first-order chi connectivity index (χ1) is 9.56. The Kier molecular flexibility index (Phi) is 5.85. The molecule has 0 bridgehead atoms. The lowest BCUT2D eigenvalue weighted by molar-refractivity contribution is -0.139. The van der Waals surface area contributed by atoms with Gasteiger partial charge in [-0.2, -0.15) is 0 Å². The van der Waals surface area contributed by atoms with E-state index < -0.39 is 5.97 Å². The van der Waals surface area contributed by atoms with E-state index >= 15 is 0 Å². The molecule has 0 aromatic rings. The van der Waals surface area contributed by atoms with Crippen molar-refractivity contribution in [3.05, 3.63) is 0 Å². The molecule has 0 aromatic carbocycles. The maximum Gasteiger partial charge on any atom is 0.320 e. The molecule has 1 aliphatic heterocycles. The van der Waals surface area contributed by atoms with Crippen LogP contribution < -0.4 is 5.32 Å². The van der Waals surface area contributed by atoms with Crippen LogP contribution in [0, 0.1) is 11.8 Å². The van der Waals surface area contributed by atoms with Crippen molar-refractivity contribution in [2.24, 2.45) is 11.8 Å². The lowest BCUT2D eigenvalue weighted by Crippen LogP contribution is -2.41. The highest BCUT2D eigenvalue weighted by atomic mass is 16.4. The Morgan fingerprint density at radius 3 is 2.60 bits per heavy atom. The van der Waals surface area contributed by atoms with Gasteiger partial charge in [-0.1, -0.05) is 13.8 Å². The molecule has 1 heterocycles. The van der Waals surface area contributed by atoms with Crippen molar-refractivity contribution in [3.63, 3.8) is 0 Å². The largest absolute Gasteiger partial charge is 0.480 e. The van der Waals surface area contributed by atoms with E-state index in [1.54, 1.807) is 0 Å². The van der Waals surface area contributed by atoms with E-state index in [1.807, 2.05) is 0 Å². The summed E-state index contributed by atoms with van der Waals surface area (Å²) in [5, 5.41) is 12.5. The summed E-state index contributed by atoms with van der Waals surface area (Å²) >= 11 is 0. The van der Waals surface area contributed by atoms with E-state index in [0.29, 0.717) is 6.04 Å². The van der Waals surface area contributed by atoms with Crippen molar-refractivity contribution < 1.29 is 9.90 Å². The first-order valence-electron chi connectivity index (χ1n) is 8.27. The predicted octanol–water partition coefficient (Wildman–Crippen LogP) is 2.34. The molecule has 0 spiro atoms. The van der Waals surface area contributed by atoms with Gasteiger partial charge in [-0.3, -0.25) is 4.79 Å². The molecule has 116 valence electrons. The normalized spacial score (nSPS) is 26.4. The van der Waals surface area contributed by atoms with Crippen LogP contribution in [0.25, 0.3) is 0 Å². The smallest absolute Gasteiger partial charge is 0.320 e. The maximum absolute atomic E-state index is 11.3. The SMILES string of the molecule is CC(C)C1CCCN(CCC(NC2CC2)C(=O)O)CC1. The number of nitrogens with zero attached hydrogens (tertiary/aromatic N) is 1. The zero-order valence-corrected chi connectivity index (χ0v) is 13.0. The fourth-order valence-corrected chi connectivity index (χ4v) is 3.20. The molecule has 2 aliphatic rings. The van der Waals surface area contributed by atoms with E-state index in [-0.39, 0.29) is 6.04 Å². The molecule has 2 N–H and O–H groups in total. The third-order valence-electron chi connectivity index (χ3n) is 4.85. The highest BCUT2D eigenvalue weighted by Gasteiger charge is 2.28. The van der Waals surface area contributed by atoms with Crippen LogP contribution in [-0.2, 0) is 4.79 Å². The van der Waals surface area contributed by atoms with Crippen LogP contribution in [0.1, 0.15) is 52.4 Å². The molecule has 4 nitrogen and oxygen atoms in total. The van der Waals surface area contributed by atoms with Gasteiger partial charge in [0.2, 0.25) is 0 Å². The van der Waals surface area contributed by atoms with E-state index in [0.717, 1.165) is 50.7 Å². The molecule has 2 unspecified atom stereocenters. The molecule has 20 heavy (non-hydrogen) atoms. The standard InChI is InChI=1S/C16H30N2O2/c1-12(2)13-4-3-9-18(10-7-13)11-8-15(16(19)20)17-14-5-6-14/h12-15,17H,3-11H2,1-2H3,(H,19,20). The Hall–Kier alpha value is -0.610. The fraction of sp³-hybridized carbons (Fsp3) is 0.938. The van der Waals surface area contributed by atoms with Crippen molar-refractivity contribution in [1.29, 1.82) is 0 Å². The van der Waals surface area contributed by atoms with E-state index in [4.69, 9.17) is 0 Å². The highest BCUT2D eigenvalue weighted by Crippen LogP contribution is 2.25. The van der Waals surface area contributed by atoms with Crippen molar-refractivity contribution in [2.45, 2.75) is 64.5 Å². The van der Waals surface area contributed by atoms with Crippen LogP contribution >= 0.6 is 0 Å². The van der Waals surface area contributed by atoms with Gasteiger partial charge in [0, 0.05) is 12.6 Å². The Morgan fingerprint density at radius 1 is 1.25 bits per heavy atom. The number of rotatable bonds is 7. The molecular formula is C16H30N2O2. The topological polar surface area (TPSA) is 52.6 Å². The van der Waals surface area contributed by atoms with Crippen LogP contribution in [0.2, 0.25) is 0 Å². The van der Waals surface area contributed by atoms with Gasteiger partial charge in [0.05, 0.1) is 0 Å². The van der Waals surface area contributed by atoms with Crippen LogP contribution in [0.5, 0.6) is 0 Å². The average Bonchev–Trinajstić information content (AvgIpc) is 3.21. The average molecular weight is 282 g/mol. The number of hydrogen-bond acceptors (Lipinski definition) is 3. The van der Waals surface area contributed by atoms with E-state index in [2.05, 4.69) is 24.1 Å². The molecule has 2 atom stereocenters. The minimum absolute atomic E-state index is 0.355. The maximum atomic E-state index is 11.3. The minimum Gasteiger partial charge on any atom is -0.480 e. The summed E-state index contributed by atoms with van der Waals surface area (Å²) in [5.74, 6) is 0.935. The van der Waals surface area contributed by atoms with Gasteiger partial charge in [-0.25, -0.2) is 0 Å². The van der Waals surface area contributed by atoms with Crippen LogP contribution in [0.4, 0.5) is 0 Å². The van der Waals surface area contributed by atoms with Gasteiger partial charge in [-0.15, -0.1) is 0 Å². The minimum atomic E-state index is -0.688. The number of carboxylic acid groups (broad SMARTS) is 1. The number of carboxylic acids is 1. The Bertz CT molecular complexity index is 316. The predicted molar refractivity (Wildman–Crippen MR) is 80.8 cm³/mol. The summed E-state index contributed by atoms with van der Waals surface area (Å²) in [6, 6.07) is 0.109. The Labute approximate surface area is 122 Å². The van der Waals surface area contributed by atoms with Crippen molar-refractivity contribution >= 4 is 5.97 Å². The second-order valence-electron chi connectivity index (χ2n) is 6.90. The monoisotopic (exact) mass is 282 g/mol. The van der Waals surface area contributed by atoms with Crippen molar-refractivity contribution in [1.82, 2.24) is 10.2 Å². The molecule has 1 aliphatic carbocycles. The van der Waals surface area contributed by atoms with E-state index in [9.17, 15) is 9.90 Å².